The molecule has 0 spiro atoms. The molecule has 4 nitrogen and oxygen atoms in total. The quantitative estimate of drug-likeness (QED) is 0.183. The molecule has 0 amide bonds. The fourth-order valence-electron chi connectivity index (χ4n) is 4.10. The molecule has 2 rings (SSSR count). The van der Waals surface area contributed by atoms with E-state index >= 15 is 0 Å². The van der Waals surface area contributed by atoms with Gasteiger partial charge >= 0.3 is 6.16 Å². The average molecular weight is 415 g/mol. The minimum Gasteiger partial charge on any atom is -0.449 e. The van der Waals surface area contributed by atoms with Crippen LogP contribution in [0.25, 0.3) is 0 Å². The van der Waals surface area contributed by atoms with E-state index in [2.05, 4.69) is 11.3 Å². The van der Waals surface area contributed by atoms with Crippen LogP contribution in [0.1, 0.15) is 62.7 Å². The molecule has 1 aliphatic rings. The number of allylic oxidation sites excluding steroid dienone is 1. The van der Waals surface area contributed by atoms with E-state index in [1.165, 1.54) is 30.6 Å². The van der Waals surface area contributed by atoms with E-state index < -0.39 is 6.16 Å². The van der Waals surface area contributed by atoms with Crippen LogP contribution < -0.4 is 4.74 Å². The van der Waals surface area contributed by atoms with Crippen molar-refractivity contribution >= 4 is 29.1 Å². The monoisotopic (exact) mass is 414 g/mol. The highest BCUT2D eigenvalue weighted by Gasteiger charge is 2.40. The van der Waals surface area contributed by atoms with Crippen LogP contribution in [0.2, 0.25) is 0 Å². The summed E-state index contributed by atoms with van der Waals surface area (Å²) < 4.78 is 4.68. The van der Waals surface area contributed by atoms with Gasteiger partial charge < -0.3 is 14.9 Å². The predicted octanol–water partition coefficient (Wildman–Crippen LogP) is 6.26. The van der Waals surface area contributed by atoms with Crippen LogP contribution in [0.5, 0.6) is 5.06 Å². The van der Waals surface area contributed by atoms with E-state index in [1.54, 1.807) is 6.07 Å². The maximum absolute atomic E-state index is 10.6. The molecule has 0 aliphatic heterocycles. The number of rotatable bonds is 12. The zero-order valence-corrected chi connectivity index (χ0v) is 17.4. The third-order valence-corrected chi connectivity index (χ3v) is 6.98. The molecule has 6 heteroatoms. The number of hydrogen-bond acceptors (Lipinski definition) is 4. The summed E-state index contributed by atoms with van der Waals surface area (Å²) in [4.78, 5) is 11.7. The topological polar surface area (TPSA) is 66.8 Å². The second-order valence-corrected chi connectivity index (χ2v) is 9.10. The van der Waals surface area contributed by atoms with Crippen LogP contribution in [0.3, 0.4) is 0 Å². The van der Waals surface area contributed by atoms with Crippen molar-refractivity contribution < 1.29 is 19.7 Å². The Balaban J connectivity index is 1.74. The van der Waals surface area contributed by atoms with Gasteiger partial charge in [-0.25, -0.2) is 4.79 Å². The third kappa shape index (κ3) is 7.47. The van der Waals surface area contributed by atoms with Crippen LogP contribution in [-0.2, 0) is 6.42 Å². The maximum atomic E-state index is 10.6. The summed E-state index contributed by atoms with van der Waals surface area (Å²) >= 11 is 7.92. The van der Waals surface area contributed by atoms with Gasteiger partial charge in [-0.2, -0.15) is 0 Å². The van der Waals surface area contributed by atoms with E-state index in [-0.39, 0.29) is 11.5 Å². The van der Waals surface area contributed by atoms with Gasteiger partial charge in [-0.05, 0) is 68.9 Å². The molecule has 0 aromatic carbocycles. The Bertz CT molecular complexity index is 588. The standard InChI is InChI=1S/C21H31ClO4S/c1-2-3-4-5-6-7-10-17-16(18(22)14-19(17)23)11-8-9-15-12-13-20(27-15)26-21(24)25/h2,12-13,16-19,23H,1,3-11,14H2,(H,24,25)/t16-,17-,18-,19-/m1/s1. The maximum Gasteiger partial charge on any atom is 0.512 e. The smallest absolute Gasteiger partial charge is 0.449 e. The molecule has 1 aromatic heterocycles. The number of ether oxygens (including phenoxy) is 1. The zero-order chi connectivity index (χ0) is 19.6. The second-order valence-electron chi connectivity index (χ2n) is 7.41. The van der Waals surface area contributed by atoms with E-state index in [4.69, 9.17) is 16.7 Å². The molecule has 1 aromatic rings. The van der Waals surface area contributed by atoms with Gasteiger partial charge in [-0.15, -0.1) is 29.5 Å². The zero-order valence-electron chi connectivity index (χ0n) is 15.8. The molecule has 1 aliphatic carbocycles. The number of aliphatic hydroxyl groups is 1. The summed E-state index contributed by atoms with van der Waals surface area (Å²) in [5.74, 6) is 0.672. The van der Waals surface area contributed by atoms with Crippen LogP contribution in [0.15, 0.2) is 24.8 Å². The lowest BCUT2D eigenvalue weighted by Gasteiger charge is -2.23. The minimum absolute atomic E-state index is 0.0556. The first-order valence-electron chi connectivity index (χ1n) is 9.93. The summed E-state index contributed by atoms with van der Waals surface area (Å²) in [6, 6.07) is 3.62. The molecule has 152 valence electrons. The largest absolute Gasteiger partial charge is 0.512 e. The average Bonchev–Trinajstić information content (AvgIpc) is 3.15. The van der Waals surface area contributed by atoms with Gasteiger partial charge in [0.2, 0.25) is 0 Å². The van der Waals surface area contributed by atoms with Crippen molar-refractivity contribution in [2.75, 3.05) is 0 Å². The highest BCUT2D eigenvalue weighted by molar-refractivity contribution is 7.13. The van der Waals surface area contributed by atoms with Gasteiger partial charge in [0.25, 0.3) is 0 Å². The first kappa shape index (κ1) is 22.3. The molecule has 0 unspecified atom stereocenters. The Kier molecular flexibility index (Phi) is 9.66. The van der Waals surface area contributed by atoms with E-state index in [1.807, 2.05) is 12.1 Å². The predicted molar refractivity (Wildman–Crippen MR) is 111 cm³/mol. The number of halogens is 1. The van der Waals surface area contributed by atoms with Crippen LogP contribution in [0, 0.1) is 11.8 Å². The lowest BCUT2D eigenvalue weighted by atomic mass is 9.86. The summed E-state index contributed by atoms with van der Waals surface area (Å²) in [6.45, 7) is 3.75. The molecule has 0 bridgehead atoms. The number of carboxylic acid groups (broad SMARTS) is 1. The molecule has 0 saturated heterocycles. The number of hydrogen-bond donors (Lipinski definition) is 2. The number of aliphatic hydroxyl groups excluding tert-OH is 1. The summed E-state index contributed by atoms with van der Waals surface area (Å²) in [5, 5.41) is 19.5. The second kappa shape index (κ2) is 11.7. The molecule has 27 heavy (non-hydrogen) atoms. The lowest BCUT2D eigenvalue weighted by Crippen LogP contribution is -2.21. The Morgan fingerprint density at radius 3 is 2.70 bits per heavy atom. The van der Waals surface area contributed by atoms with Crippen molar-refractivity contribution in [2.24, 2.45) is 11.8 Å². The number of alkyl halides is 1. The van der Waals surface area contributed by atoms with Crippen molar-refractivity contribution in [3.63, 3.8) is 0 Å². The highest BCUT2D eigenvalue weighted by atomic mass is 35.5. The SMILES string of the molecule is C=CCCCCCC[C@@H]1[C@@H](CCCc2ccc(OC(=O)O)s2)[C@H](Cl)C[C@H]1O. The highest BCUT2D eigenvalue weighted by Crippen LogP contribution is 2.42. The Morgan fingerprint density at radius 1 is 1.22 bits per heavy atom. The molecular weight excluding hydrogens is 384 g/mol. The minimum atomic E-state index is -1.28. The molecule has 1 saturated carbocycles. The first-order valence-corrected chi connectivity index (χ1v) is 11.2. The summed E-state index contributed by atoms with van der Waals surface area (Å²) in [7, 11) is 0. The molecule has 1 heterocycles. The van der Waals surface area contributed by atoms with Crippen molar-refractivity contribution in [3.8, 4) is 5.06 Å². The summed E-state index contributed by atoms with van der Waals surface area (Å²) in [5.41, 5.74) is 0. The van der Waals surface area contributed by atoms with Crippen molar-refractivity contribution in [1.82, 2.24) is 0 Å². The van der Waals surface area contributed by atoms with Gasteiger partial charge in [0, 0.05) is 10.3 Å². The number of unbranched alkanes of at least 4 members (excludes halogenated alkanes) is 4. The molecule has 1 fully saturated rings. The summed E-state index contributed by atoms with van der Waals surface area (Å²) in [6.07, 6.45) is 10.9. The molecule has 0 radical (unpaired) electrons. The fraction of sp³-hybridized carbons (Fsp3) is 0.667. The van der Waals surface area contributed by atoms with Crippen molar-refractivity contribution in [3.05, 3.63) is 29.7 Å². The Morgan fingerprint density at radius 2 is 1.96 bits per heavy atom. The van der Waals surface area contributed by atoms with Gasteiger partial charge in [0.05, 0.1) is 6.10 Å². The van der Waals surface area contributed by atoms with E-state index in [0.717, 1.165) is 43.4 Å². The molecular formula is C21H31ClO4S. The van der Waals surface area contributed by atoms with Crippen molar-refractivity contribution in [2.45, 2.75) is 75.7 Å². The van der Waals surface area contributed by atoms with Crippen LogP contribution >= 0.6 is 22.9 Å². The lowest BCUT2D eigenvalue weighted by molar-refractivity contribution is 0.107. The third-order valence-electron chi connectivity index (χ3n) is 5.46. The van der Waals surface area contributed by atoms with Crippen LogP contribution in [0.4, 0.5) is 4.79 Å². The van der Waals surface area contributed by atoms with Gasteiger partial charge in [-0.1, -0.05) is 25.3 Å². The molecule has 4 atom stereocenters. The Labute approximate surface area is 171 Å². The van der Waals surface area contributed by atoms with Crippen LogP contribution in [-0.4, -0.2) is 27.8 Å². The van der Waals surface area contributed by atoms with Gasteiger partial charge in [0.1, 0.15) is 0 Å². The first-order chi connectivity index (χ1) is 13.0. The van der Waals surface area contributed by atoms with Crippen molar-refractivity contribution in [1.29, 1.82) is 0 Å². The van der Waals surface area contributed by atoms with E-state index in [9.17, 15) is 9.90 Å². The Hall–Kier alpha value is -1.04. The van der Waals surface area contributed by atoms with Gasteiger partial charge in [0.15, 0.2) is 5.06 Å². The number of aryl methyl sites for hydroxylation is 1. The molecule has 2 N–H and O–H groups in total. The number of thiophene rings is 1. The normalized spacial score (nSPS) is 24.8. The van der Waals surface area contributed by atoms with E-state index in [0.29, 0.717) is 23.3 Å². The fourth-order valence-corrected chi connectivity index (χ4v) is 5.49. The number of carbonyl (C=O) groups is 1. The van der Waals surface area contributed by atoms with Gasteiger partial charge in [-0.3, -0.25) is 0 Å².